The van der Waals surface area contributed by atoms with Crippen LogP contribution < -0.4 is 0 Å². The van der Waals surface area contributed by atoms with E-state index in [4.69, 9.17) is 0 Å². The van der Waals surface area contributed by atoms with Gasteiger partial charge in [0.1, 0.15) is 5.78 Å². The normalized spacial score (nSPS) is 27.1. The standard InChI is InChI=1S/C12H23NO/c1-4-12(14)8-6-10-5-7-11(9-10)13(2)3/h10-11H,4-9H2,1-3H3. The fraction of sp³-hybridized carbons (Fsp3) is 0.917. The lowest BCUT2D eigenvalue weighted by molar-refractivity contribution is -0.119. The minimum Gasteiger partial charge on any atom is -0.306 e. The molecule has 2 unspecified atom stereocenters. The quantitative estimate of drug-likeness (QED) is 0.675. The van der Waals surface area contributed by atoms with Crippen molar-refractivity contribution < 1.29 is 4.79 Å². The molecule has 1 aliphatic carbocycles. The molecule has 2 nitrogen and oxygen atoms in total. The van der Waals surface area contributed by atoms with E-state index in [0.29, 0.717) is 12.2 Å². The summed E-state index contributed by atoms with van der Waals surface area (Å²) < 4.78 is 0. The third-order valence-corrected chi connectivity index (χ3v) is 3.47. The van der Waals surface area contributed by atoms with Crippen molar-refractivity contribution in [2.75, 3.05) is 14.1 Å². The molecule has 0 saturated heterocycles. The van der Waals surface area contributed by atoms with E-state index in [-0.39, 0.29) is 0 Å². The summed E-state index contributed by atoms with van der Waals surface area (Å²) in [5.41, 5.74) is 0. The summed E-state index contributed by atoms with van der Waals surface area (Å²) in [4.78, 5) is 13.5. The Hall–Kier alpha value is -0.370. The zero-order valence-corrected chi connectivity index (χ0v) is 9.75. The lowest BCUT2D eigenvalue weighted by Gasteiger charge is -2.18. The molecular weight excluding hydrogens is 174 g/mol. The van der Waals surface area contributed by atoms with Gasteiger partial charge in [-0.15, -0.1) is 0 Å². The van der Waals surface area contributed by atoms with E-state index in [1.165, 1.54) is 19.3 Å². The molecule has 0 amide bonds. The van der Waals surface area contributed by atoms with Crippen molar-refractivity contribution >= 4 is 5.78 Å². The minimum absolute atomic E-state index is 0.429. The molecule has 0 spiro atoms. The van der Waals surface area contributed by atoms with E-state index in [1.807, 2.05) is 6.92 Å². The Morgan fingerprint density at radius 3 is 2.57 bits per heavy atom. The molecule has 1 rings (SSSR count). The van der Waals surface area contributed by atoms with E-state index in [9.17, 15) is 4.79 Å². The lowest BCUT2D eigenvalue weighted by Crippen LogP contribution is -2.24. The Bertz CT molecular complexity index is 189. The summed E-state index contributed by atoms with van der Waals surface area (Å²) in [6, 6.07) is 0.761. The van der Waals surface area contributed by atoms with E-state index in [2.05, 4.69) is 19.0 Å². The highest BCUT2D eigenvalue weighted by Crippen LogP contribution is 2.31. The summed E-state index contributed by atoms with van der Waals surface area (Å²) in [6.07, 6.45) is 6.57. The summed E-state index contributed by atoms with van der Waals surface area (Å²) in [6.45, 7) is 1.96. The van der Waals surface area contributed by atoms with Gasteiger partial charge in [-0.1, -0.05) is 6.92 Å². The van der Waals surface area contributed by atoms with Gasteiger partial charge in [-0.05, 0) is 45.7 Å². The van der Waals surface area contributed by atoms with Gasteiger partial charge in [0.2, 0.25) is 0 Å². The van der Waals surface area contributed by atoms with Crippen molar-refractivity contribution in [2.45, 2.75) is 51.5 Å². The van der Waals surface area contributed by atoms with Gasteiger partial charge >= 0.3 is 0 Å². The number of ketones is 1. The molecule has 14 heavy (non-hydrogen) atoms. The maximum absolute atomic E-state index is 11.2. The molecule has 0 aromatic carbocycles. The van der Waals surface area contributed by atoms with Gasteiger partial charge in [-0.3, -0.25) is 4.79 Å². The van der Waals surface area contributed by atoms with Crippen LogP contribution in [-0.2, 0) is 4.79 Å². The Morgan fingerprint density at radius 2 is 2.07 bits per heavy atom. The molecule has 82 valence electrons. The second-order valence-electron chi connectivity index (χ2n) is 4.73. The van der Waals surface area contributed by atoms with Crippen LogP contribution in [0.25, 0.3) is 0 Å². The number of hydrogen-bond donors (Lipinski definition) is 0. The first kappa shape index (κ1) is 11.7. The zero-order chi connectivity index (χ0) is 10.6. The Morgan fingerprint density at radius 1 is 1.36 bits per heavy atom. The summed E-state index contributed by atoms with van der Waals surface area (Å²) in [5, 5.41) is 0. The van der Waals surface area contributed by atoms with Gasteiger partial charge < -0.3 is 4.90 Å². The molecule has 0 radical (unpaired) electrons. The predicted molar refractivity (Wildman–Crippen MR) is 59.3 cm³/mol. The maximum atomic E-state index is 11.2. The number of rotatable bonds is 5. The van der Waals surface area contributed by atoms with E-state index in [0.717, 1.165) is 24.8 Å². The first-order valence-corrected chi connectivity index (χ1v) is 5.81. The third-order valence-electron chi connectivity index (χ3n) is 3.47. The molecule has 0 heterocycles. The van der Waals surface area contributed by atoms with Crippen LogP contribution in [0.1, 0.15) is 45.4 Å². The van der Waals surface area contributed by atoms with Gasteiger partial charge in [-0.2, -0.15) is 0 Å². The minimum atomic E-state index is 0.429. The number of Topliss-reactive ketones (excluding diaryl/α,β-unsaturated/α-hetero) is 1. The second kappa shape index (κ2) is 5.50. The molecule has 0 bridgehead atoms. The first-order chi connectivity index (χ1) is 6.63. The van der Waals surface area contributed by atoms with E-state index >= 15 is 0 Å². The number of carbonyl (C=O) groups excluding carboxylic acids is 1. The summed E-state index contributed by atoms with van der Waals surface area (Å²) in [7, 11) is 4.31. The largest absolute Gasteiger partial charge is 0.306 e. The molecule has 1 saturated carbocycles. The Kier molecular flexibility index (Phi) is 4.59. The average Bonchev–Trinajstić information content (AvgIpc) is 2.62. The second-order valence-corrected chi connectivity index (χ2v) is 4.73. The van der Waals surface area contributed by atoms with Crippen LogP contribution in [-0.4, -0.2) is 30.8 Å². The fourth-order valence-corrected chi connectivity index (χ4v) is 2.32. The van der Waals surface area contributed by atoms with Crippen molar-refractivity contribution in [2.24, 2.45) is 5.92 Å². The van der Waals surface area contributed by atoms with Gasteiger partial charge in [0.25, 0.3) is 0 Å². The topological polar surface area (TPSA) is 20.3 Å². The van der Waals surface area contributed by atoms with Crippen LogP contribution in [0.15, 0.2) is 0 Å². The molecule has 2 heteroatoms. The molecular formula is C12H23NO. The highest BCUT2D eigenvalue weighted by Gasteiger charge is 2.25. The summed E-state index contributed by atoms with van der Waals surface area (Å²) in [5.74, 6) is 1.23. The monoisotopic (exact) mass is 197 g/mol. The molecule has 1 fully saturated rings. The number of hydrogen-bond acceptors (Lipinski definition) is 2. The Balaban J connectivity index is 2.19. The van der Waals surface area contributed by atoms with Crippen LogP contribution in [0.2, 0.25) is 0 Å². The number of carbonyl (C=O) groups is 1. The van der Waals surface area contributed by atoms with E-state index in [1.54, 1.807) is 0 Å². The smallest absolute Gasteiger partial charge is 0.132 e. The van der Waals surface area contributed by atoms with Gasteiger partial charge in [0.05, 0.1) is 0 Å². The molecule has 2 atom stereocenters. The van der Waals surface area contributed by atoms with Crippen molar-refractivity contribution in [1.29, 1.82) is 0 Å². The van der Waals surface area contributed by atoms with Crippen molar-refractivity contribution in [3.63, 3.8) is 0 Å². The van der Waals surface area contributed by atoms with Gasteiger partial charge in [-0.25, -0.2) is 0 Å². The highest BCUT2D eigenvalue weighted by molar-refractivity contribution is 5.77. The number of nitrogens with zero attached hydrogens (tertiary/aromatic N) is 1. The van der Waals surface area contributed by atoms with Crippen LogP contribution in [0.4, 0.5) is 0 Å². The molecule has 0 aromatic rings. The fourth-order valence-electron chi connectivity index (χ4n) is 2.32. The SMILES string of the molecule is CCC(=O)CCC1CCC(N(C)C)C1. The highest BCUT2D eigenvalue weighted by atomic mass is 16.1. The van der Waals surface area contributed by atoms with Crippen molar-refractivity contribution in [3.05, 3.63) is 0 Å². The van der Waals surface area contributed by atoms with Crippen LogP contribution >= 0.6 is 0 Å². The van der Waals surface area contributed by atoms with Crippen LogP contribution in [0.5, 0.6) is 0 Å². The molecule has 0 aromatic heterocycles. The lowest BCUT2D eigenvalue weighted by atomic mass is 9.99. The molecule has 1 aliphatic rings. The third kappa shape index (κ3) is 3.41. The van der Waals surface area contributed by atoms with Gasteiger partial charge in [0, 0.05) is 18.9 Å². The average molecular weight is 197 g/mol. The molecule has 0 aliphatic heterocycles. The van der Waals surface area contributed by atoms with Crippen LogP contribution in [0.3, 0.4) is 0 Å². The van der Waals surface area contributed by atoms with Crippen LogP contribution in [0, 0.1) is 5.92 Å². The van der Waals surface area contributed by atoms with Crippen molar-refractivity contribution in [1.82, 2.24) is 4.90 Å². The molecule has 0 N–H and O–H groups in total. The maximum Gasteiger partial charge on any atom is 0.132 e. The van der Waals surface area contributed by atoms with Gasteiger partial charge in [0.15, 0.2) is 0 Å². The zero-order valence-electron chi connectivity index (χ0n) is 9.75. The summed E-state index contributed by atoms with van der Waals surface area (Å²) >= 11 is 0. The van der Waals surface area contributed by atoms with Crippen molar-refractivity contribution in [3.8, 4) is 0 Å². The predicted octanol–water partition coefficient (Wildman–Crippen LogP) is 2.48. The first-order valence-electron chi connectivity index (χ1n) is 5.81. The van der Waals surface area contributed by atoms with E-state index < -0.39 is 0 Å². The Labute approximate surface area is 87.7 Å².